The van der Waals surface area contributed by atoms with Crippen LogP contribution in [0.1, 0.15) is 12.8 Å². The van der Waals surface area contributed by atoms with Gasteiger partial charge in [-0.3, -0.25) is 4.79 Å². The second kappa shape index (κ2) is 8.80. The van der Waals surface area contributed by atoms with E-state index in [9.17, 15) is 4.79 Å². The molecule has 0 saturated carbocycles. The molecule has 5 rings (SSSR count). The number of hydrogen-bond acceptors (Lipinski definition) is 6. The number of ether oxygens (including phenoxy) is 1. The van der Waals surface area contributed by atoms with Gasteiger partial charge in [0.1, 0.15) is 5.75 Å². The van der Waals surface area contributed by atoms with Gasteiger partial charge in [0.05, 0.1) is 29.7 Å². The Balaban J connectivity index is 1.22. The topological polar surface area (TPSA) is 71.8 Å². The number of hydrogen-bond donors (Lipinski definition) is 1. The van der Waals surface area contributed by atoms with E-state index < -0.39 is 0 Å². The highest BCUT2D eigenvalue weighted by molar-refractivity contribution is 7.20. The highest BCUT2D eigenvalue weighted by Crippen LogP contribution is 2.31. The first kappa shape index (κ1) is 20.8. The molecule has 1 amide bonds. The van der Waals surface area contributed by atoms with Crippen LogP contribution in [0, 0.1) is 5.92 Å². The van der Waals surface area contributed by atoms with E-state index in [4.69, 9.17) is 26.4 Å². The Morgan fingerprint density at radius 3 is 2.59 bits per heavy atom. The molecule has 1 saturated heterocycles. The number of methoxy groups -OCH3 is 1. The first-order valence-corrected chi connectivity index (χ1v) is 11.6. The predicted molar refractivity (Wildman–Crippen MR) is 128 cm³/mol. The molecule has 0 bridgehead atoms. The van der Waals surface area contributed by atoms with E-state index in [1.165, 1.54) is 0 Å². The largest absolute Gasteiger partial charge is 0.497 e. The second-order valence-corrected chi connectivity index (χ2v) is 9.04. The third-order valence-corrected chi connectivity index (χ3v) is 7.00. The predicted octanol–water partition coefficient (Wildman–Crippen LogP) is 4.97. The minimum absolute atomic E-state index is 0.0239. The van der Waals surface area contributed by atoms with E-state index in [-0.39, 0.29) is 11.8 Å². The lowest BCUT2D eigenvalue weighted by molar-refractivity contribution is -0.120. The summed E-state index contributed by atoms with van der Waals surface area (Å²) >= 11 is 7.72. The number of nitrogens with one attached hydrogen (secondary N) is 1. The molecule has 0 unspecified atom stereocenters. The Morgan fingerprint density at radius 1 is 1.16 bits per heavy atom. The number of imidazole rings is 1. The summed E-state index contributed by atoms with van der Waals surface area (Å²) in [7, 11) is 1.65. The molecule has 2 aromatic carbocycles. The fourth-order valence-corrected chi connectivity index (χ4v) is 4.97. The van der Waals surface area contributed by atoms with Crippen LogP contribution in [0.4, 0.5) is 10.8 Å². The van der Waals surface area contributed by atoms with Gasteiger partial charge in [-0.2, -0.15) is 0 Å². The number of amides is 1. The van der Waals surface area contributed by atoms with Gasteiger partial charge in [-0.05, 0) is 49.2 Å². The molecule has 0 aliphatic carbocycles. The van der Waals surface area contributed by atoms with Crippen molar-refractivity contribution in [1.82, 2.24) is 14.6 Å². The Morgan fingerprint density at radius 2 is 1.91 bits per heavy atom. The summed E-state index contributed by atoms with van der Waals surface area (Å²) in [6.45, 7) is 1.56. The molecule has 7 nitrogen and oxygen atoms in total. The van der Waals surface area contributed by atoms with Gasteiger partial charge >= 0.3 is 0 Å². The molecule has 164 valence electrons. The average molecular weight is 468 g/mol. The number of aromatic nitrogens is 3. The Kier molecular flexibility index (Phi) is 5.71. The van der Waals surface area contributed by atoms with Crippen molar-refractivity contribution >= 4 is 44.6 Å². The summed E-state index contributed by atoms with van der Waals surface area (Å²) in [6.07, 6.45) is 3.49. The molecule has 4 aromatic rings. The number of rotatable bonds is 5. The monoisotopic (exact) mass is 467 g/mol. The number of piperidine rings is 1. The lowest BCUT2D eigenvalue weighted by atomic mass is 9.96. The zero-order valence-corrected chi connectivity index (χ0v) is 19.1. The van der Waals surface area contributed by atoms with Gasteiger partial charge in [0.15, 0.2) is 0 Å². The number of para-hydroxylation sites is 1. The van der Waals surface area contributed by atoms with Gasteiger partial charge < -0.3 is 15.0 Å². The molecule has 1 aliphatic heterocycles. The standard InChI is InChI=1S/C23H22ClN5O2S/c1-31-17-8-6-15(7-9-17)20-14-29-22(26-20)32-23(27-29)28-12-10-16(11-13-28)21(30)25-19-5-3-2-4-18(19)24/h2-9,14,16H,10-13H2,1H3,(H,25,30). The van der Waals surface area contributed by atoms with Crippen molar-refractivity contribution in [2.75, 3.05) is 30.4 Å². The maximum Gasteiger partial charge on any atom is 0.227 e. The fraction of sp³-hybridized carbons (Fsp3) is 0.261. The molecular formula is C23H22ClN5O2S. The molecule has 9 heteroatoms. The number of nitrogens with zero attached hydrogens (tertiary/aromatic N) is 4. The van der Waals surface area contributed by atoms with Gasteiger partial charge in [-0.25, -0.2) is 9.50 Å². The lowest BCUT2D eigenvalue weighted by Gasteiger charge is -2.30. The summed E-state index contributed by atoms with van der Waals surface area (Å²) in [5, 5.41) is 9.16. The molecule has 0 atom stereocenters. The minimum Gasteiger partial charge on any atom is -0.497 e. The average Bonchev–Trinajstić information content (AvgIpc) is 3.40. The van der Waals surface area contributed by atoms with Crippen LogP contribution < -0.4 is 15.0 Å². The first-order valence-electron chi connectivity index (χ1n) is 10.4. The Bertz CT molecular complexity index is 1210. The smallest absolute Gasteiger partial charge is 0.227 e. The molecule has 1 N–H and O–H groups in total. The molecule has 1 aliphatic rings. The molecule has 0 radical (unpaired) electrons. The van der Waals surface area contributed by atoms with Crippen LogP contribution in [0.5, 0.6) is 5.75 Å². The van der Waals surface area contributed by atoms with Crippen molar-refractivity contribution < 1.29 is 9.53 Å². The van der Waals surface area contributed by atoms with Crippen LogP contribution in [-0.2, 0) is 4.79 Å². The van der Waals surface area contributed by atoms with Crippen LogP contribution >= 0.6 is 22.9 Å². The van der Waals surface area contributed by atoms with Crippen molar-refractivity contribution in [3.8, 4) is 17.0 Å². The zero-order chi connectivity index (χ0) is 22.1. The van der Waals surface area contributed by atoms with Gasteiger partial charge in [-0.1, -0.05) is 35.1 Å². The van der Waals surface area contributed by atoms with Gasteiger partial charge in [0, 0.05) is 24.6 Å². The lowest BCUT2D eigenvalue weighted by Crippen LogP contribution is -2.38. The molecule has 2 aromatic heterocycles. The second-order valence-electron chi connectivity index (χ2n) is 7.70. The van der Waals surface area contributed by atoms with E-state index >= 15 is 0 Å². The van der Waals surface area contributed by atoms with Gasteiger partial charge in [0.2, 0.25) is 16.0 Å². The van der Waals surface area contributed by atoms with Gasteiger partial charge in [0.25, 0.3) is 0 Å². The highest BCUT2D eigenvalue weighted by atomic mass is 35.5. The first-order chi connectivity index (χ1) is 15.6. The third-order valence-electron chi connectivity index (χ3n) is 5.69. The van der Waals surface area contributed by atoms with Crippen molar-refractivity contribution in [1.29, 1.82) is 0 Å². The zero-order valence-electron chi connectivity index (χ0n) is 17.5. The number of carbonyl (C=O) groups is 1. The summed E-state index contributed by atoms with van der Waals surface area (Å²) in [6, 6.07) is 15.1. The maximum absolute atomic E-state index is 12.7. The van der Waals surface area contributed by atoms with E-state index in [2.05, 4.69) is 10.2 Å². The van der Waals surface area contributed by atoms with Crippen LogP contribution in [0.3, 0.4) is 0 Å². The fourth-order valence-electron chi connectivity index (χ4n) is 3.85. The van der Waals surface area contributed by atoms with Crippen molar-refractivity contribution in [2.24, 2.45) is 5.92 Å². The molecule has 3 heterocycles. The quantitative estimate of drug-likeness (QED) is 0.448. The minimum atomic E-state index is -0.0340. The SMILES string of the molecule is COc1ccc(-c2cn3nc(N4CCC(C(=O)Nc5ccccc5Cl)CC4)sc3n2)cc1. The van der Waals surface area contributed by atoms with Crippen LogP contribution in [0.25, 0.3) is 16.2 Å². The maximum atomic E-state index is 12.7. The van der Waals surface area contributed by atoms with Crippen molar-refractivity contribution in [3.63, 3.8) is 0 Å². The number of halogens is 1. The van der Waals surface area contributed by atoms with Crippen LogP contribution in [-0.4, -0.2) is 40.7 Å². The summed E-state index contributed by atoms with van der Waals surface area (Å²) < 4.78 is 7.05. The summed E-state index contributed by atoms with van der Waals surface area (Å²) in [5.74, 6) is 0.809. The Labute approximate surface area is 194 Å². The normalized spacial score (nSPS) is 14.6. The van der Waals surface area contributed by atoms with E-state index in [0.29, 0.717) is 10.7 Å². The number of fused-ring (bicyclic) bond motifs is 1. The number of carbonyl (C=O) groups excluding carboxylic acids is 1. The highest BCUT2D eigenvalue weighted by Gasteiger charge is 2.27. The van der Waals surface area contributed by atoms with Crippen LogP contribution in [0.2, 0.25) is 5.02 Å². The van der Waals surface area contributed by atoms with E-state index in [0.717, 1.165) is 53.0 Å². The van der Waals surface area contributed by atoms with Crippen molar-refractivity contribution in [2.45, 2.75) is 12.8 Å². The Hall–Kier alpha value is -3.10. The number of anilines is 2. The summed E-state index contributed by atoms with van der Waals surface area (Å²) in [5.41, 5.74) is 2.57. The van der Waals surface area contributed by atoms with E-state index in [1.54, 1.807) is 24.5 Å². The molecule has 1 fully saturated rings. The van der Waals surface area contributed by atoms with Crippen molar-refractivity contribution in [3.05, 3.63) is 59.8 Å². The molecular weight excluding hydrogens is 446 g/mol. The summed E-state index contributed by atoms with van der Waals surface area (Å²) in [4.78, 5) is 20.5. The third kappa shape index (κ3) is 4.16. The number of benzene rings is 2. The molecule has 32 heavy (non-hydrogen) atoms. The van der Waals surface area contributed by atoms with E-state index in [1.807, 2.05) is 53.2 Å². The molecule has 0 spiro atoms. The van der Waals surface area contributed by atoms with Gasteiger partial charge in [-0.15, -0.1) is 5.10 Å². The van der Waals surface area contributed by atoms with Crippen LogP contribution in [0.15, 0.2) is 54.7 Å².